The Morgan fingerprint density at radius 1 is 1.10 bits per heavy atom. The highest BCUT2D eigenvalue weighted by molar-refractivity contribution is 4.60. The van der Waals surface area contributed by atoms with Gasteiger partial charge in [-0.15, -0.1) is 0 Å². The molecule has 0 aliphatic carbocycles. The summed E-state index contributed by atoms with van der Waals surface area (Å²) in [5.74, 6) is 0. The minimum atomic E-state index is -4.02. The van der Waals surface area contributed by atoms with Crippen molar-refractivity contribution in [3.63, 3.8) is 0 Å². The molecule has 7 heteroatoms. The molecule has 0 N–H and O–H groups in total. The maximum absolute atomic E-state index is 11.9. The summed E-state index contributed by atoms with van der Waals surface area (Å²) < 4.78 is 56.4. The number of rotatable bonds is 10. The molecule has 4 nitrogen and oxygen atoms in total. The highest BCUT2D eigenvalue weighted by Gasteiger charge is 2.26. The van der Waals surface area contributed by atoms with Crippen molar-refractivity contribution in [3.05, 3.63) is 0 Å². The first-order chi connectivity index (χ1) is 9.51. The third-order valence-corrected chi connectivity index (χ3v) is 2.97. The molecule has 0 spiro atoms. The Kier molecular flexibility index (Phi) is 8.44. The van der Waals surface area contributed by atoms with E-state index in [-0.39, 0.29) is 12.5 Å². The van der Waals surface area contributed by atoms with Gasteiger partial charge in [0.1, 0.15) is 6.10 Å². The molecule has 20 heavy (non-hydrogen) atoms. The van der Waals surface area contributed by atoms with Crippen molar-refractivity contribution in [1.29, 1.82) is 0 Å². The normalized spacial score (nSPS) is 23.4. The van der Waals surface area contributed by atoms with Gasteiger partial charge in [0.2, 0.25) is 0 Å². The lowest BCUT2D eigenvalue weighted by Gasteiger charge is -2.10. The monoisotopic (exact) mass is 300 g/mol. The van der Waals surface area contributed by atoms with Gasteiger partial charge in [-0.3, -0.25) is 0 Å². The topological polar surface area (TPSA) is 36.9 Å². The Morgan fingerprint density at radius 3 is 2.45 bits per heavy atom. The third kappa shape index (κ3) is 8.73. The van der Waals surface area contributed by atoms with Gasteiger partial charge in [-0.05, 0) is 12.8 Å². The average Bonchev–Trinajstić information content (AvgIpc) is 2.83. The van der Waals surface area contributed by atoms with E-state index in [1.807, 2.05) is 0 Å². The number of alkyl halides is 3. The van der Waals surface area contributed by atoms with E-state index in [1.165, 1.54) is 7.11 Å². The quantitative estimate of drug-likeness (QED) is 0.580. The highest BCUT2D eigenvalue weighted by Crippen LogP contribution is 2.23. The molecule has 0 aromatic heterocycles. The highest BCUT2D eigenvalue weighted by atomic mass is 19.4. The van der Waals surface area contributed by atoms with Crippen LogP contribution in [0.5, 0.6) is 0 Å². The molecule has 1 rings (SSSR count). The molecular formula is C13H23F3O4. The van der Waals surface area contributed by atoms with Gasteiger partial charge in [0.15, 0.2) is 0 Å². The minimum absolute atomic E-state index is 0.105. The Morgan fingerprint density at radius 2 is 1.80 bits per heavy atom. The molecule has 0 bridgehead atoms. The maximum atomic E-state index is 11.9. The first-order valence-corrected chi connectivity index (χ1v) is 6.95. The molecule has 0 aromatic carbocycles. The van der Waals surface area contributed by atoms with E-state index in [2.05, 4.69) is 0 Å². The number of halogens is 3. The third-order valence-electron chi connectivity index (χ3n) is 2.97. The minimum Gasteiger partial charge on any atom is -0.379 e. The predicted molar refractivity (Wildman–Crippen MR) is 66.2 cm³/mol. The van der Waals surface area contributed by atoms with Crippen LogP contribution in [0.15, 0.2) is 0 Å². The number of hydrogen-bond acceptors (Lipinski definition) is 4. The van der Waals surface area contributed by atoms with Crippen LogP contribution >= 0.6 is 0 Å². The van der Waals surface area contributed by atoms with Gasteiger partial charge in [0.25, 0.3) is 6.48 Å². The van der Waals surface area contributed by atoms with Gasteiger partial charge in [-0.1, -0.05) is 19.3 Å². The molecule has 0 saturated carbocycles. The van der Waals surface area contributed by atoms with Crippen molar-refractivity contribution in [2.75, 3.05) is 26.9 Å². The van der Waals surface area contributed by atoms with E-state index in [9.17, 15) is 13.2 Å². The lowest BCUT2D eigenvalue weighted by molar-refractivity contribution is -0.225. The van der Waals surface area contributed by atoms with E-state index in [1.54, 1.807) is 0 Å². The van der Waals surface area contributed by atoms with Crippen LogP contribution in [-0.2, 0) is 18.9 Å². The Bertz CT molecular complexity index is 248. The van der Waals surface area contributed by atoms with Crippen molar-refractivity contribution in [3.8, 4) is 0 Å². The van der Waals surface area contributed by atoms with Crippen molar-refractivity contribution < 1.29 is 32.1 Å². The first-order valence-electron chi connectivity index (χ1n) is 6.95. The van der Waals surface area contributed by atoms with E-state index >= 15 is 0 Å². The molecule has 1 saturated heterocycles. The Labute approximate surface area is 117 Å². The number of hydrogen-bond donors (Lipinski definition) is 0. The van der Waals surface area contributed by atoms with Crippen LogP contribution in [0.1, 0.15) is 38.5 Å². The fraction of sp³-hybridized carbons (Fsp3) is 1.00. The zero-order chi connectivity index (χ0) is 14.8. The molecule has 1 aliphatic heterocycles. The van der Waals surface area contributed by atoms with Gasteiger partial charge in [-0.2, -0.15) is 13.2 Å². The number of unbranched alkanes of at least 4 members (excludes halogenated alkanes) is 4. The van der Waals surface area contributed by atoms with Crippen molar-refractivity contribution in [1.82, 2.24) is 0 Å². The van der Waals surface area contributed by atoms with Gasteiger partial charge in [-0.25, -0.2) is 0 Å². The fourth-order valence-corrected chi connectivity index (χ4v) is 1.91. The summed E-state index contributed by atoms with van der Waals surface area (Å²) in [5.41, 5.74) is 0. The number of ether oxygens (including phenoxy) is 4. The SMILES string of the molecule is COC1OCC(COCCCCCCCC(F)(F)F)O1. The Hall–Kier alpha value is -0.370. The second-order valence-corrected chi connectivity index (χ2v) is 4.82. The summed E-state index contributed by atoms with van der Waals surface area (Å²) >= 11 is 0. The van der Waals surface area contributed by atoms with Crippen LogP contribution in [0, 0.1) is 0 Å². The Balaban J connectivity index is 1.81. The van der Waals surface area contributed by atoms with Crippen molar-refractivity contribution >= 4 is 0 Å². The van der Waals surface area contributed by atoms with E-state index in [0.29, 0.717) is 26.2 Å². The predicted octanol–water partition coefficient (Wildman–Crippen LogP) is 3.25. The first kappa shape index (κ1) is 17.7. The molecule has 2 atom stereocenters. The van der Waals surface area contributed by atoms with Crippen LogP contribution in [0.2, 0.25) is 0 Å². The van der Waals surface area contributed by atoms with Gasteiger partial charge in [0, 0.05) is 20.1 Å². The molecule has 0 amide bonds. The van der Waals surface area contributed by atoms with Crippen LogP contribution < -0.4 is 0 Å². The van der Waals surface area contributed by atoms with E-state index in [4.69, 9.17) is 18.9 Å². The van der Waals surface area contributed by atoms with E-state index < -0.39 is 19.1 Å². The van der Waals surface area contributed by atoms with Crippen LogP contribution in [0.25, 0.3) is 0 Å². The molecule has 120 valence electrons. The van der Waals surface area contributed by atoms with E-state index in [0.717, 1.165) is 19.3 Å². The molecule has 1 heterocycles. The molecule has 0 aromatic rings. The molecule has 2 unspecified atom stereocenters. The summed E-state index contributed by atoms with van der Waals surface area (Å²) in [6.45, 7) is 0.901. The van der Waals surface area contributed by atoms with Crippen LogP contribution in [0.4, 0.5) is 13.2 Å². The molecule has 0 radical (unpaired) electrons. The average molecular weight is 300 g/mol. The second kappa shape index (κ2) is 9.55. The smallest absolute Gasteiger partial charge is 0.379 e. The summed E-state index contributed by atoms with van der Waals surface area (Å²) in [4.78, 5) is 0. The second-order valence-electron chi connectivity index (χ2n) is 4.82. The molecule has 1 aliphatic rings. The maximum Gasteiger partial charge on any atom is 0.389 e. The summed E-state index contributed by atoms with van der Waals surface area (Å²) in [6, 6.07) is 0. The van der Waals surface area contributed by atoms with Crippen molar-refractivity contribution in [2.24, 2.45) is 0 Å². The molecular weight excluding hydrogens is 277 g/mol. The zero-order valence-corrected chi connectivity index (χ0v) is 11.8. The lowest BCUT2D eigenvalue weighted by Crippen LogP contribution is -2.19. The fourth-order valence-electron chi connectivity index (χ4n) is 1.91. The largest absolute Gasteiger partial charge is 0.389 e. The van der Waals surface area contributed by atoms with Crippen molar-refractivity contribution in [2.45, 2.75) is 57.3 Å². The lowest BCUT2D eigenvalue weighted by atomic mass is 10.1. The van der Waals surface area contributed by atoms with Crippen LogP contribution in [0.3, 0.4) is 0 Å². The standard InChI is InChI=1S/C13H23F3O4/c1-17-12-19-10-11(20-12)9-18-8-6-4-2-3-5-7-13(14,15)16/h11-12H,2-10H2,1H3. The van der Waals surface area contributed by atoms with Gasteiger partial charge in [0.05, 0.1) is 13.2 Å². The zero-order valence-electron chi connectivity index (χ0n) is 11.8. The summed E-state index contributed by atoms with van der Waals surface area (Å²) in [7, 11) is 1.51. The summed E-state index contributed by atoms with van der Waals surface area (Å²) in [5, 5.41) is 0. The van der Waals surface area contributed by atoms with Gasteiger partial charge >= 0.3 is 6.18 Å². The van der Waals surface area contributed by atoms with Crippen LogP contribution in [-0.4, -0.2) is 45.7 Å². The number of methoxy groups -OCH3 is 1. The summed E-state index contributed by atoms with van der Waals surface area (Å²) in [6.07, 6.45) is -1.41. The van der Waals surface area contributed by atoms with Gasteiger partial charge < -0.3 is 18.9 Å². The molecule has 1 fully saturated rings.